The minimum Gasteiger partial charge on any atom is -0.0843 e. The Kier molecular flexibility index (Phi) is 5.06. The normalized spacial score (nSPS) is 10.9. The van der Waals surface area contributed by atoms with Crippen molar-refractivity contribution in [3.05, 3.63) is 87.9 Å². The van der Waals surface area contributed by atoms with E-state index < -0.39 is 7.92 Å². The van der Waals surface area contributed by atoms with Crippen LogP contribution in [0.2, 0.25) is 15.1 Å². The molecule has 0 amide bonds. The van der Waals surface area contributed by atoms with Crippen LogP contribution in [0.5, 0.6) is 0 Å². The van der Waals surface area contributed by atoms with Crippen molar-refractivity contribution in [2.75, 3.05) is 0 Å². The van der Waals surface area contributed by atoms with Crippen LogP contribution in [0.1, 0.15) is 0 Å². The number of hydrogen-bond acceptors (Lipinski definition) is 0. The van der Waals surface area contributed by atoms with Crippen LogP contribution in [0.4, 0.5) is 0 Å². The Balaban J connectivity index is 2.10. The van der Waals surface area contributed by atoms with Crippen LogP contribution in [0, 0.1) is 0 Å². The summed E-state index contributed by atoms with van der Waals surface area (Å²) in [5.74, 6) is 0. The highest BCUT2D eigenvalue weighted by atomic mass is 35.5. The predicted molar refractivity (Wildman–Crippen MR) is 100 cm³/mol. The van der Waals surface area contributed by atoms with Crippen LogP contribution in [0.3, 0.4) is 0 Å². The summed E-state index contributed by atoms with van der Waals surface area (Å²) in [6.45, 7) is 0. The topological polar surface area (TPSA) is 0 Å². The number of benzene rings is 3. The highest BCUT2D eigenvalue weighted by Crippen LogP contribution is 2.33. The van der Waals surface area contributed by atoms with Gasteiger partial charge in [0.25, 0.3) is 0 Å². The van der Waals surface area contributed by atoms with Gasteiger partial charge in [-0.15, -0.1) is 0 Å². The van der Waals surface area contributed by atoms with Crippen LogP contribution in [-0.4, -0.2) is 0 Å². The molecule has 22 heavy (non-hydrogen) atoms. The number of halogens is 3. The summed E-state index contributed by atoms with van der Waals surface area (Å²) >= 11 is 18.1. The first-order valence-corrected chi connectivity index (χ1v) is 9.18. The second-order valence-electron chi connectivity index (χ2n) is 4.76. The molecule has 3 aromatic carbocycles. The third-order valence-corrected chi connectivity index (χ3v) is 6.45. The molecule has 0 unspecified atom stereocenters. The van der Waals surface area contributed by atoms with E-state index in [-0.39, 0.29) is 0 Å². The molecule has 0 bridgehead atoms. The molecule has 0 nitrogen and oxygen atoms in total. The van der Waals surface area contributed by atoms with E-state index >= 15 is 0 Å². The first-order valence-electron chi connectivity index (χ1n) is 6.70. The largest absolute Gasteiger partial charge is 0.246 e. The van der Waals surface area contributed by atoms with Crippen LogP contribution >= 0.6 is 42.7 Å². The molecule has 0 heterocycles. The van der Waals surface area contributed by atoms with Gasteiger partial charge < -0.3 is 0 Å². The summed E-state index contributed by atoms with van der Waals surface area (Å²) < 4.78 is 0. The third-order valence-electron chi connectivity index (χ3n) is 3.25. The SMILES string of the molecule is Clc1ccc([P+](c2ccc(Cl)cc2)c2ccc(Cl)cc2)cc1. The molecule has 0 spiro atoms. The van der Waals surface area contributed by atoms with Crippen molar-refractivity contribution in [3.8, 4) is 0 Å². The molecule has 0 aromatic heterocycles. The van der Waals surface area contributed by atoms with Gasteiger partial charge in [0.15, 0.2) is 0 Å². The molecule has 0 aliphatic carbocycles. The van der Waals surface area contributed by atoms with Crippen molar-refractivity contribution in [1.82, 2.24) is 0 Å². The quantitative estimate of drug-likeness (QED) is 0.545. The standard InChI is InChI=1S/C18H12Cl3P/c19-13-1-7-16(8-2-13)22(17-9-3-14(20)4-10-17)18-11-5-15(21)6-12-18/h1-12H/q+1. The minimum atomic E-state index is -0.659. The monoisotopic (exact) mass is 364 g/mol. The highest BCUT2D eigenvalue weighted by molar-refractivity contribution is 7.79. The van der Waals surface area contributed by atoms with Crippen LogP contribution in [-0.2, 0) is 0 Å². The van der Waals surface area contributed by atoms with E-state index in [2.05, 4.69) is 36.4 Å². The van der Waals surface area contributed by atoms with E-state index in [1.165, 1.54) is 15.9 Å². The Morgan fingerprint density at radius 1 is 0.409 bits per heavy atom. The molecule has 0 saturated carbocycles. The molecule has 0 aliphatic rings. The lowest BCUT2D eigenvalue weighted by atomic mass is 10.3. The fraction of sp³-hybridized carbons (Fsp3) is 0. The van der Waals surface area contributed by atoms with Gasteiger partial charge in [0.2, 0.25) is 7.92 Å². The van der Waals surface area contributed by atoms with Gasteiger partial charge in [0.1, 0.15) is 15.9 Å². The van der Waals surface area contributed by atoms with Gasteiger partial charge in [-0.1, -0.05) is 34.8 Å². The summed E-state index contributed by atoms with van der Waals surface area (Å²) in [6.07, 6.45) is 0. The van der Waals surface area contributed by atoms with Crippen molar-refractivity contribution in [2.24, 2.45) is 0 Å². The molecule has 3 aromatic rings. The summed E-state index contributed by atoms with van der Waals surface area (Å²) in [5, 5.41) is 5.94. The summed E-state index contributed by atoms with van der Waals surface area (Å²) in [4.78, 5) is 0. The van der Waals surface area contributed by atoms with Gasteiger partial charge in [0.05, 0.1) is 0 Å². The Morgan fingerprint density at radius 3 is 0.864 bits per heavy atom. The van der Waals surface area contributed by atoms with E-state index in [9.17, 15) is 0 Å². The fourth-order valence-electron chi connectivity index (χ4n) is 2.22. The number of rotatable bonds is 3. The molecule has 0 saturated heterocycles. The lowest BCUT2D eigenvalue weighted by molar-refractivity contribution is 1.73. The van der Waals surface area contributed by atoms with E-state index in [1.54, 1.807) is 0 Å². The second kappa shape index (κ2) is 7.02. The third kappa shape index (κ3) is 3.65. The Hall–Kier alpha value is -1.04. The average molecular weight is 366 g/mol. The van der Waals surface area contributed by atoms with Crippen molar-refractivity contribution in [1.29, 1.82) is 0 Å². The molecule has 3 rings (SSSR count). The highest BCUT2D eigenvalue weighted by Gasteiger charge is 2.31. The summed E-state index contributed by atoms with van der Waals surface area (Å²) in [7, 11) is -0.659. The molecule has 0 aliphatic heterocycles. The lowest BCUT2D eigenvalue weighted by Crippen LogP contribution is -2.20. The van der Waals surface area contributed by atoms with Gasteiger partial charge in [-0.3, -0.25) is 0 Å². The molecule has 0 fully saturated rings. The first-order chi connectivity index (χ1) is 10.6. The molecule has 0 atom stereocenters. The van der Waals surface area contributed by atoms with Crippen LogP contribution < -0.4 is 15.9 Å². The summed E-state index contributed by atoms with van der Waals surface area (Å²) in [6, 6.07) is 24.1. The zero-order valence-corrected chi connectivity index (χ0v) is 14.7. The predicted octanol–water partition coefficient (Wildman–Crippen LogP) is 5.41. The molecule has 0 N–H and O–H groups in total. The van der Waals surface area contributed by atoms with Gasteiger partial charge in [0, 0.05) is 15.1 Å². The van der Waals surface area contributed by atoms with Gasteiger partial charge in [-0.25, -0.2) is 0 Å². The maximum absolute atomic E-state index is 6.02. The average Bonchev–Trinajstić information content (AvgIpc) is 2.53. The van der Waals surface area contributed by atoms with Crippen molar-refractivity contribution in [2.45, 2.75) is 0 Å². The van der Waals surface area contributed by atoms with Crippen molar-refractivity contribution < 1.29 is 0 Å². The maximum atomic E-state index is 6.02. The van der Waals surface area contributed by atoms with E-state index in [0.717, 1.165) is 15.1 Å². The van der Waals surface area contributed by atoms with Crippen LogP contribution in [0.15, 0.2) is 72.8 Å². The molecular formula is C18H12Cl3P+. The first kappa shape index (κ1) is 15.8. The minimum absolute atomic E-state index is 0.659. The van der Waals surface area contributed by atoms with Gasteiger partial charge >= 0.3 is 0 Å². The van der Waals surface area contributed by atoms with Gasteiger partial charge in [-0.2, -0.15) is 0 Å². The van der Waals surface area contributed by atoms with Crippen molar-refractivity contribution in [3.63, 3.8) is 0 Å². The maximum Gasteiger partial charge on any atom is 0.246 e. The van der Waals surface area contributed by atoms with Crippen LogP contribution in [0.25, 0.3) is 0 Å². The zero-order chi connectivity index (χ0) is 15.5. The molecular weight excluding hydrogens is 354 g/mol. The Bertz CT molecular complexity index is 642. The molecule has 1 radical (unpaired) electrons. The molecule has 109 valence electrons. The zero-order valence-electron chi connectivity index (χ0n) is 11.5. The van der Waals surface area contributed by atoms with E-state index in [1.807, 2.05) is 36.4 Å². The Labute approximate surface area is 146 Å². The van der Waals surface area contributed by atoms with E-state index in [4.69, 9.17) is 34.8 Å². The van der Waals surface area contributed by atoms with E-state index in [0.29, 0.717) is 0 Å². The second-order valence-corrected chi connectivity index (χ2v) is 8.29. The summed E-state index contributed by atoms with van der Waals surface area (Å²) in [5.41, 5.74) is 0. The number of hydrogen-bond donors (Lipinski definition) is 0. The lowest BCUT2D eigenvalue weighted by Gasteiger charge is -2.06. The molecule has 4 heteroatoms. The van der Waals surface area contributed by atoms with Gasteiger partial charge in [-0.05, 0) is 72.8 Å². The Morgan fingerprint density at radius 2 is 0.636 bits per heavy atom. The fourth-order valence-corrected chi connectivity index (χ4v) is 4.83. The smallest absolute Gasteiger partial charge is 0.0843 e. The van der Waals surface area contributed by atoms with Crippen molar-refractivity contribution >= 4 is 58.6 Å².